The Morgan fingerprint density at radius 2 is 1.76 bits per heavy atom. The fraction of sp³-hybridized carbons (Fsp3) is 0.333. The van der Waals surface area contributed by atoms with Crippen LogP contribution in [-0.2, 0) is 7.05 Å². The average Bonchev–Trinajstić information content (AvgIpc) is 2.54. The normalized spacial score (nSPS) is 11.5. The minimum atomic E-state index is 0.903. The number of hydrogen-bond acceptors (Lipinski definition) is 4. The first-order valence-corrected chi connectivity index (χ1v) is 5.51. The number of hydrogen-bond donors (Lipinski definition) is 0. The largest absolute Gasteiger partial charge is 0.250 e. The molecule has 86 valence electrons. The minimum Gasteiger partial charge on any atom is -0.250 e. The van der Waals surface area contributed by atoms with E-state index in [1.54, 1.807) is 6.20 Å². The van der Waals surface area contributed by atoms with Crippen LogP contribution in [0.4, 0.5) is 0 Å². The summed E-state index contributed by atoms with van der Waals surface area (Å²) in [6.45, 7) is 5.95. The van der Waals surface area contributed by atoms with Gasteiger partial charge in [-0.2, -0.15) is 15.3 Å². The maximum Gasteiger partial charge on any atom is 0.158 e. The van der Waals surface area contributed by atoms with Crippen molar-refractivity contribution in [2.45, 2.75) is 20.8 Å². The SMILES string of the molecule is Cc1nncc2c1c(C)nc1c2c(C)nn1C. The van der Waals surface area contributed by atoms with Crippen LogP contribution in [0.3, 0.4) is 0 Å². The quantitative estimate of drug-likeness (QED) is 0.588. The van der Waals surface area contributed by atoms with E-state index in [4.69, 9.17) is 0 Å². The summed E-state index contributed by atoms with van der Waals surface area (Å²) in [6.07, 6.45) is 1.80. The van der Waals surface area contributed by atoms with Crippen LogP contribution in [0.2, 0.25) is 0 Å². The lowest BCUT2D eigenvalue weighted by Crippen LogP contribution is -1.97. The molecule has 0 fully saturated rings. The Hall–Kier alpha value is -2.04. The Balaban J connectivity index is 2.69. The second-order valence-corrected chi connectivity index (χ2v) is 4.32. The van der Waals surface area contributed by atoms with Crippen LogP contribution in [-0.4, -0.2) is 25.0 Å². The number of aryl methyl sites for hydroxylation is 4. The third kappa shape index (κ3) is 1.25. The van der Waals surface area contributed by atoms with Crippen LogP contribution in [0, 0.1) is 20.8 Å². The monoisotopic (exact) mass is 227 g/mol. The van der Waals surface area contributed by atoms with Crippen molar-refractivity contribution in [2.24, 2.45) is 7.05 Å². The second-order valence-electron chi connectivity index (χ2n) is 4.32. The van der Waals surface area contributed by atoms with E-state index >= 15 is 0 Å². The Morgan fingerprint density at radius 3 is 2.53 bits per heavy atom. The summed E-state index contributed by atoms with van der Waals surface area (Å²) in [6, 6.07) is 0. The smallest absolute Gasteiger partial charge is 0.158 e. The molecule has 0 aliphatic heterocycles. The molecule has 0 saturated carbocycles. The molecule has 0 atom stereocenters. The lowest BCUT2D eigenvalue weighted by molar-refractivity contribution is 0.772. The molecule has 3 rings (SSSR count). The summed E-state index contributed by atoms with van der Waals surface area (Å²) < 4.78 is 1.81. The van der Waals surface area contributed by atoms with Crippen LogP contribution in [0.25, 0.3) is 21.8 Å². The fourth-order valence-electron chi connectivity index (χ4n) is 2.43. The minimum absolute atomic E-state index is 0.903. The highest BCUT2D eigenvalue weighted by atomic mass is 15.3. The van der Waals surface area contributed by atoms with Gasteiger partial charge in [0.2, 0.25) is 0 Å². The molecule has 0 aromatic carbocycles. The second kappa shape index (κ2) is 3.23. The molecule has 5 nitrogen and oxygen atoms in total. The van der Waals surface area contributed by atoms with Crippen molar-refractivity contribution >= 4 is 21.8 Å². The van der Waals surface area contributed by atoms with Crippen molar-refractivity contribution in [3.63, 3.8) is 0 Å². The molecular formula is C12H13N5. The van der Waals surface area contributed by atoms with Gasteiger partial charge >= 0.3 is 0 Å². The lowest BCUT2D eigenvalue weighted by atomic mass is 10.1. The third-order valence-electron chi connectivity index (χ3n) is 3.12. The number of rotatable bonds is 0. The summed E-state index contributed by atoms with van der Waals surface area (Å²) in [7, 11) is 1.91. The summed E-state index contributed by atoms with van der Waals surface area (Å²) in [5, 5.41) is 15.8. The van der Waals surface area contributed by atoms with Gasteiger partial charge < -0.3 is 0 Å². The van der Waals surface area contributed by atoms with Gasteiger partial charge in [-0.05, 0) is 20.8 Å². The van der Waals surface area contributed by atoms with Crippen molar-refractivity contribution in [1.29, 1.82) is 0 Å². The highest BCUT2D eigenvalue weighted by molar-refractivity contribution is 6.07. The number of fused-ring (bicyclic) bond motifs is 3. The summed E-state index contributed by atoms with van der Waals surface area (Å²) >= 11 is 0. The van der Waals surface area contributed by atoms with Crippen LogP contribution >= 0.6 is 0 Å². The number of aromatic nitrogens is 5. The van der Waals surface area contributed by atoms with E-state index < -0.39 is 0 Å². The van der Waals surface area contributed by atoms with Gasteiger partial charge in [-0.15, -0.1) is 0 Å². The highest BCUT2D eigenvalue weighted by Crippen LogP contribution is 2.28. The molecule has 17 heavy (non-hydrogen) atoms. The van der Waals surface area contributed by atoms with E-state index in [9.17, 15) is 0 Å². The van der Waals surface area contributed by atoms with Gasteiger partial charge in [0.25, 0.3) is 0 Å². The van der Waals surface area contributed by atoms with Gasteiger partial charge in [-0.3, -0.25) is 4.68 Å². The van der Waals surface area contributed by atoms with Gasteiger partial charge in [0.15, 0.2) is 5.65 Å². The van der Waals surface area contributed by atoms with E-state index in [1.165, 1.54) is 0 Å². The lowest BCUT2D eigenvalue weighted by Gasteiger charge is -2.05. The third-order valence-corrected chi connectivity index (χ3v) is 3.12. The van der Waals surface area contributed by atoms with E-state index in [-0.39, 0.29) is 0 Å². The molecule has 3 aromatic heterocycles. The predicted octanol–water partition coefficient (Wildman–Crippen LogP) is 1.84. The molecule has 0 saturated heterocycles. The van der Waals surface area contributed by atoms with Crippen molar-refractivity contribution in [3.05, 3.63) is 23.3 Å². The zero-order chi connectivity index (χ0) is 12.2. The molecule has 0 spiro atoms. The molecule has 0 unspecified atom stereocenters. The molecular weight excluding hydrogens is 214 g/mol. The van der Waals surface area contributed by atoms with Crippen LogP contribution < -0.4 is 0 Å². The standard InChI is InChI=1S/C12H13N5/c1-6-10-7(2)15-13-5-9(10)11-8(3)16-17(4)12(11)14-6/h5H,1-4H3. The van der Waals surface area contributed by atoms with Gasteiger partial charge in [-0.1, -0.05) is 0 Å². The maximum absolute atomic E-state index is 4.62. The molecule has 0 N–H and O–H groups in total. The zero-order valence-corrected chi connectivity index (χ0v) is 10.3. The Bertz CT molecular complexity index is 742. The van der Waals surface area contributed by atoms with Crippen molar-refractivity contribution in [3.8, 4) is 0 Å². The zero-order valence-electron chi connectivity index (χ0n) is 10.3. The number of nitrogens with zero attached hydrogens (tertiary/aromatic N) is 5. The Kier molecular flexibility index (Phi) is 1.92. The maximum atomic E-state index is 4.62. The molecule has 5 heteroatoms. The van der Waals surface area contributed by atoms with Crippen LogP contribution in [0.15, 0.2) is 6.20 Å². The van der Waals surface area contributed by atoms with Crippen molar-refractivity contribution in [1.82, 2.24) is 25.0 Å². The first kappa shape index (κ1) is 10.1. The first-order valence-electron chi connectivity index (χ1n) is 5.51. The predicted molar refractivity (Wildman–Crippen MR) is 65.8 cm³/mol. The van der Waals surface area contributed by atoms with Crippen molar-refractivity contribution in [2.75, 3.05) is 0 Å². The van der Waals surface area contributed by atoms with E-state index in [1.807, 2.05) is 32.5 Å². The molecule has 0 radical (unpaired) electrons. The Morgan fingerprint density at radius 1 is 1.00 bits per heavy atom. The molecule has 3 aromatic rings. The topological polar surface area (TPSA) is 56.5 Å². The molecule has 0 bridgehead atoms. The summed E-state index contributed by atoms with van der Waals surface area (Å²) in [5.74, 6) is 0. The molecule has 0 aliphatic rings. The van der Waals surface area contributed by atoms with E-state index in [2.05, 4.69) is 20.3 Å². The fourth-order valence-corrected chi connectivity index (χ4v) is 2.43. The Labute approximate surface area is 98.5 Å². The highest BCUT2D eigenvalue weighted by Gasteiger charge is 2.14. The summed E-state index contributed by atoms with van der Waals surface area (Å²) in [5.41, 5.74) is 3.77. The van der Waals surface area contributed by atoms with E-state index in [0.717, 1.165) is 38.9 Å². The first-order chi connectivity index (χ1) is 8.09. The molecule has 0 aliphatic carbocycles. The average molecular weight is 227 g/mol. The van der Waals surface area contributed by atoms with Crippen LogP contribution in [0.1, 0.15) is 17.1 Å². The number of pyridine rings is 1. The van der Waals surface area contributed by atoms with Gasteiger partial charge in [0, 0.05) is 23.5 Å². The summed E-state index contributed by atoms with van der Waals surface area (Å²) in [4.78, 5) is 4.62. The van der Waals surface area contributed by atoms with E-state index in [0.29, 0.717) is 0 Å². The molecule has 3 heterocycles. The van der Waals surface area contributed by atoms with Crippen LogP contribution in [0.5, 0.6) is 0 Å². The van der Waals surface area contributed by atoms with Gasteiger partial charge in [0.1, 0.15) is 0 Å². The molecule has 0 amide bonds. The van der Waals surface area contributed by atoms with Gasteiger partial charge in [-0.25, -0.2) is 4.98 Å². The van der Waals surface area contributed by atoms with Gasteiger partial charge in [0.05, 0.1) is 23.0 Å². The van der Waals surface area contributed by atoms with Crippen molar-refractivity contribution < 1.29 is 0 Å².